The van der Waals surface area contributed by atoms with E-state index in [1.165, 1.54) is 0 Å². The van der Waals surface area contributed by atoms with Gasteiger partial charge >= 0.3 is 0 Å². The summed E-state index contributed by atoms with van der Waals surface area (Å²) < 4.78 is 5.42. The van der Waals surface area contributed by atoms with Gasteiger partial charge in [0.15, 0.2) is 0 Å². The summed E-state index contributed by atoms with van der Waals surface area (Å²) in [6, 6.07) is 12.0. The smallest absolute Gasteiger partial charge is 0.227 e. The van der Waals surface area contributed by atoms with Crippen molar-refractivity contribution in [3.63, 3.8) is 0 Å². The lowest BCUT2D eigenvalue weighted by molar-refractivity contribution is 0.122. The highest BCUT2D eigenvalue weighted by molar-refractivity contribution is 5.60. The molecule has 0 N–H and O–H groups in total. The van der Waals surface area contributed by atoms with Crippen molar-refractivity contribution in [2.24, 2.45) is 0 Å². The molecule has 3 heterocycles. The van der Waals surface area contributed by atoms with Crippen LogP contribution in [0.25, 0.3) is 0 Å². The normalized spacial score (nSPS) is 17.9. The third-order valence-electron chi connectivity index (χ3n) is 4.89. The van der Waals surface area contributed by atoms with Gasteiger partial charge in [-0.1, -0.05) is 12.1 Å². The van der Waals surface area contributed by atoms with Gasteiger partial charge in [-0.15, -0.1) is 0 Å². The van der Waals surface area contributed by atoms with Crippen molar-refractivity contribution in [1.29, 1.82) is 5.26 Å². The maximum absolute atomic E-state index is 9.31. The van der Waals surface area contributed by atoms with Gasteiger partial charge in [-0.05, 0) is 18.2 Å². The molecular formula is C19H22N6O. The van der Waals surface area contributed by atoms with Gasteiger partial charge in [0.05, 0.1) is 24.5 Å². The van der Waals surface area contributed by atoms with Gasteiger partial charge < -0.3 is 19.4 Å². The Morgan fingerprint density at radius 1 is 0.885 bits per heavy atom. The number of nitriles is 1. The molecule has 1 aromatic heterocycles. The van der Waals surface area contributed by atoms with Crippen LogP contribution in [0.4, 0.5) is 17.5 Å². The number of morpholine rings is 1. The lowest BCUT2D eigenvalue weighted by Crippen LogP contribution is -2.47. The number of rotatable bonds is 3. The number of benzene rings is 1. The van der Waals surface area contributed by atoms with E-state index in [1.807, 2.05) is 36.5 Å². The van der Waals surface area contributed by atoms with Crippen LogP contribution in [0, 0.1) is 11.3 Å². The highest BCUT2D eigenvalue weighted by Gasteiger charge is 2.22. The fourth-order valence-corrected chi connectivity index (χ4v) is 3.45. The molecule has 0 bridgehead atoms. The van der Waals surface area contributed by atoms with Crippen molar-refractivity contribution < 1.29 is 4.74 Å². The van der Waals surface area contributed by atoms with E-state index in [-0.39, 0.29) is 0 Å². The zero-order valence-electron chi connectivity index (χ0n) is 14.7. The Morgan fingerprint density at radius 2 is 1.62 bits per heavy atom. The molecule has 0 spiro atoms. The Hall–Kier alpha value is -2.85. The lowest BCUT2D eigenvalue weighted by Gasteiger charge is -2.36. The summed E-state index contributed by atoms with van der Waals surface area (Å²) in [5, 5.41) is 9.31. The first-order valence-corrected chi connectivity index (χ1v) is 9.00. The molecule has 0 amide bonds. The van der Waals surface area contributed by atoms with E-state index in [2.05, 4.69) is 25.8 Å². The Morgan fingerprint density at radius 3 is 2.38 bits per heavy atom. The zero-order chi connectivity index (χ0) is 17.8. The zero-order valence-corrected chi connectivity index (χ0v) is 14.7. The molecule has 2 saturated heterocycles. The summed E-state index contributed by atoms with van der Waals surface area (Å²) in [5.41, 5.74) is 1.74. The summed E-state index contributed by atoms with van der Waals surface area (Å²) in [6.07, 6.45) is 1.84. The largest absolute Gasteiger partial charge is 0.378 e. The number of aromatic nitrogens is 2. The van der Waals surface area contributed by atoms with Crippen LogP contribution < -0.4 is 14.7 Å². The van der Waals surface area contributed by atoms with Crippen LogP contribution in [-0.4, -0.2) is 62.5 Å². The van der Waals surface area contributed by atoms with E-state index in [4.69, 9.17) is 9.72 Å². The van der Waals surface area contributed by atoms with Gasteiger partial charge in [-0.25, -0.2) is 4.98 Å². The molecule has 1 aromatic carbocycles. The predicted octanol–water partition coefficient (Wildman–Crippen LogP) is 1.51. The standard InChI is InChI=1S/C19H22N6O/c20-15-16-3-1-2-4-17(16)23-7-9-25(10-8-23)19-21-6-5-18(22-19)24-11-13-26-14-12-24/h1-6H,7-14H2. The van der Waals surface area contributed by atoms with E-state index in [1.54, 1.807) is 0 Å². The SMILES string of the molecule is N#Cc1ccccc1N1CCN(c2nccc(N3CCOCC3)n2)CC1. The highest BCUT2D eigenvalue weighted by Crippen LogP contribution is 2.23. The topological polar surface area (TPSA) is 68.5 Å². The van der Waals surface area contributed by atoms with Crippen molar-refractivity contribution in [2.75, 3.05) is 67.2 Å². The van der Waals surface area contributed by atoms with Gasteiger partial charge in [0.1, 0.15) is 11.9 Å². The molecule has 134 valence electrons. The summed E-state index contributed by atoms with van der Waals surface area (Å²) in [7, 11) is 0. The molecule has 4 rings (SSSR count). The second kappa shape index (κ2) is 7.58. The number of para-hydroxylation sites is 1. The van der Waals surface area contributed by atoms with Crippen LogP contribution in [0.2, 0.25) is 0 Å². The molecule has 2 fully saturated rings. The van der Waals surface area contributed by atoms with Crippen LogP contribution >= 0.6 is 0 Å². The van der Waals surface area contributed by atoms with Gasteiger partial charge in [0.2, 0.25) is 5.95 Å². The number of piperazine rings is 1. The number of hydrogen-bond acceptors (Lipinski definition) is 7. The second-order valence-electron chi connectivity index (χ2n) is 6.42. The molecule has 26 heavy (non-hydrogen) atoms. The second-order valence-corrected chi connectivity index (χ2v) is 6.42. The lowest BCUT2D eigenvalue weighted by atomic mass is 10.1. The number of nitrogens with zero attached hydrogens (tertiary/aromatic N) is 6. The van der Waals surface area contributed by atoms with E-state index in [9.17, 15) is 5.26 Å². The monoisotopic (exact) mass is 350 g/mol. The molecule has 0 radical (unpaired) electrons. The molecule has 0 unspecified atom stereocenters. The first kappa shape index (κ1) is 16.6. The minimum absolute atomic E-state index is 0.728. The van der Waals surface area contributed by atoms with Crippen molar-refractivity contribution in [3.05, 3.63) is 42.1 Å². The molecule has 0 aliphatic carbocycles. The predicted molar refractivity (Wildman–Crippen MR) is 101 cm³/mol. The van der Waals surface area contributed by atoms with Crippen LogP contribution in [0.3, 0.4) is 0 Å². The van der Waals surface area contributed by atoms with Crippen LogP contribution in [0.1, 0.15) is 5.56 Å². The van der Waals surface area contributed by atoms with Gasteiger partial charge in [0, 0.05) is 45.5 Å². The Bertz CT molecular complexity index is 791. The Labute approximate surface area is 153 Å². The van der Waals surface area contributed by atoms with Gasteiger partial charge in [0.25, 0.3) is 0 Å². The maximum atomic E-state index is 9.31. The molecule has 2 aromatic rings. The molecule has 7 nitrogen and oxygen atoms in total. The number of hydrogen-bond donors (Lipinski definition) is 0. The molecule has 0 atom stereocenters. The first-order valence-electron chi connectivity index (χ1n) is 9.00. The van der Waals surface area contributed by atoms with Crippen molar-refractivity contribution in [1.82, 2.24) is 9.97 Å². The van der Waals surface area contributed by atoms with Crippen molar-refractivity contribution in [2.45, 2.75) is 0 Å². The average Bonchev–Trinajstić information content (AvgIpc) is 2.74. The summed E-state index contributed by atoms with van der Waals surface area (Å²) in [6.45, 7) is 6.61. The fourth-order valence-electron chi connectivity index (χ4n) is 3.45. The quantitative estimate of drug-likeness (QED) is 0.831. The van der Waals surface area contributed by atoms with E-state index >= 15 is 0 Å². The average molecular weight is 350 g/mol. The van der Waals surface area contributed by atoms with Gasteiger partial charge in [-0.3, -0.25) is 0 Å². The molecule has 0 saturated carbocycles. The third-order valence-corrected chi connectivity index (χ3v) is 4.89. The Kier molecular flexibility index (Phi) is 4.84. The molecule has 7 heteroatoms. The minimum atomic E-state index is 0.728. The summed E-state index contributed by atoms with van der Waals surface area (Å²) >= 11 is 0. The highest BCUT2D eigenvalue weighted by atomic mass is 16.5. The van der Waals surface area contributed by atoms with Crippen molar-refractivity contribution >= 4 is 17.5 Å². The minimum Gasteiger partial charge on any atom is -0.378 e. The van der Waals surface area contributed by atoms with E-state index in [0.29, 0.717) is 0 Å². The first-order chi connectivity index (χ1) is 12.8. The van der Waals surface area contributed by atoms with E-state index < -0.39 is 0 Å². The Balaban J connectivity index is 1.44. The van der Waals surface area contributed by atoms with Crippen LogP contribution in [0.5, 0.6) is 0 Å². The van der Waals surface area contributed by atoms with Crippen LogP contribution in [0.15, 0.2) is 36.5 Å². The van der Waals surface area contributed by atoms with E-state index in [0.717, 1.165) is 75.5 Å². The van der Waals surface area contributed by atoms with Gasteiger partial charge in [-0.2, -0.15) is 10.2 Å². The number of anilines is 3. The van der Waals surface area contributed by atoms with Crippen LogP contribution in [-0.2, 0) is 4.74 Å². The molecule has 2 aliphatic rings. The molecule has 2 aliphatic heterocycles. The third kappa shape index (κ3) is 3.41. The summed E-state index contributed by atoms with van der Waals surface area (Å²) in [4.78, 5) is 16.0. The maximum Gasteiger partial charge on any atom is 0.227 e. The summed E-state index contributed by atoms with van der Waals surface area (Å²) in [5.74, 6) is 1.75. The number of ether oxygens (including phenoxy) is 1. The molecular weight excluding hydrogens is 328 g/mol. The van der Waals surface area contributed by atoms with Crippen molar-refractivity contribution in [3.8, 4) is 6.07 Å². The fraction of sp³-hybridized carbons (Fsp3) is 0.421.